The Hall–Kier alpha value is -3.61. The van der Waals surface area contributed by atoms with E-state index in [4.69, 9.17) is 14.9 Å². The lowest BCUT2D eigenvalue weighted by Crippen LogP contribution is -2.49. The molecule has 0 saturated heterocycles. The number of nitrogens with two attached hydrogens (primary N) is 1. The number of carbonyl (C=O) groups excluding carboxylic acids is 2. The van der Waals surface area contributed by atoms with Crippen LogP contribution in [0.25, 0.3) is 11.3 Å². The summed E-state index contributed by atoms with van der Waals surface area (Å²) in [5, 5.41) is 0. The molecule has 0 bridgehead atoms. The Kier molecular flexibility index (Phi) is 4.12. The van der Waals surface area contributed by atoms with Crippen LogP contribution in [0.1, 0.15) is 10.6 Å². The molecule has 27 heavy (non-hydrogen) atoms. The fraction of sp³-hybridized carbons (Fsp3) is 0.100. The number of amides is 2. The third kappa shape index (κ3) is 3.03. The Morgan fingerprint density at radius 2 is 1.78 bits per heavy atom. The van der Waals surface area contributed by atoms with Crippen molar-refractivity contribution in [3.63, 3.8) is 0 Å². The molecule has 0 spiro atoms. The van der Waals surface area contributed by atoms with E-state index in [9.17, 15) is 14.0 Å². The van der Waals surface area contributed by atoms with Crippen LogP contribution in [-0.2, 0) is 4.79 Å². The molecule has 0 unspecified atom stereocenters. The molecule has 2 amide bonds. The second-order valence-corrected chi connectivity index (χ2v) is 6.04. The lowest BCUT2D eigenvalue weighted by molar-refractivity contribution is -0.124. The normalized spacial score (nSPS) is 15.7. The van der Waals surface area contributed by atoms with E-state index in [1.165, 1.54) is 23.1 Å². The molecule has 2 heterocycles. The molecule has 2 aromatic carbocycles. The van der Waals surface area contributed by atoms with Crippen LogP contribution in [-0.4, -0.2) is 24.5 Å². The van der Waals surface area contributed by atoms with Crippen molar-refractivity contribution in [3.05, 3.63) is 72.2 Å². The second kappa shape index (κ2) is 6.60. The predicted octanol–water partition coefficient (Wildman–Crippen LogP) is 2.98. The number of fused-ring (bicyclic) bond motifs is 1. The quantitative estimate of drug-likeness (QED) is 0.772. The summed E-state index contributed by atoms with van der Waals surface area (Å²) in [4.78, 5) is 26.0. The Bertz CT molecular complexity index is 1030. The van der Waals surface area contributed by atoms with Gasteiger partial charge in [0.05, 0.1) is 17.8 Å². The molecule has 1 atom stereocenters. The first-order chi connectivity index (χ1) is 13.0. The largest absolute Gasteiger partial charge is 0.477 e. The van der Waals surface area contributed by atoms with E-state index in [0.29, 0.717) is 11.4 Å². The molecular formula is C20H15FN2O4. The zero-order valence-electron chi connectivity index (χ0n) is 14.1. The maximum Gasteiger partial charge on any atom is 0.294 e. The average Bonchev–Trinajstić information content (AvgIpc) is 3.16. The molecule has 3 aromatic rings. The number of primary amides is 1. The number of carbonyl (C=O) groups is 2. The number of furan rings is 1. The number of anilines is 1. The van der Waals surface area contributed by atoms with Crippen LogP contribution in [0, 0.1) is 5.82 Å². The summed E-state index contributed by atoms with van der Waals surface area (Å²) < 4.78 is 25.1. The van der Waals surface area contributed by atoms with Crippen molar-refractivity contribution in [2.75, 3.05) is 11.4 Å². The fourth-order valence-corrected chi connectivity index (χ4v) is 2.97. The van der Waals surface area contributed by atoms with Gasteiger partial charge in [-0.1, -0.05) is 24.3 Å². The van der Waals surface area contributed by atoms with E-state index < -0.39 is 23.7 Å². The van der Waals surface area contributed by atoms with Gasteiger partial charge in [-0.3, -0.25) is 14.5 Å². The Labute approximate surface area is 153 Å². The minimum absolute atomic E-state index is 0.0215. The van der Waals surface area contributed by atoms with Crippen LogP contribution in [0.5, 0.6) is 5.75 Å². The van der Waals surface area contributed by atoms with Crippen molar-refractivity contribution in [1.29, 1.82) is 0 Å². The van der Waals surface area contributed by atoms with Crippen molar-refractivity contribution in [1.82, 2.24) is 0 Å². The van der Waals surface area contributed by atoms with E-state index in [2.05, 4.69) is 0 Å². The number of benzene rings is 2. The second-order valence-electron chi connectivity index (χ2n) is 6.04. The smallest absolute Gasteiger partial charge is 0.294 e. The topological polar surface area (TPSA) is 85.8 Å². The van der Waals surface area contributed by atoms with Crippen LogP contribution in [0.15, 0.2) is 65.1 Å². The molecule has 4 rings (SSSR count). The van der Waals surface area contributed by atoms with E-state index in [0.717, 1.165) is 0 Å². The van der Waals surface area contributed by atoms with Crippen molar-refractivity contribution >= 4 is 17.5 Å². The first kappa shape index (κ1) is 16.8. The van der Waals surface area contributed by atoms with Crippen molar-refractivity contribution < 1.29 is 23.1 Å². The van der Waals surface area contributed by atoms with Gasteiger partial charge in [-0.2, -0.15) is 0 Å². The Balaban J connectivity index is 1.69. The molecule has 6 nitrogen and oxygen atoms in total. The van der Waals surface area contributed by atoms with Gasteiger partial charge >= 0.3 is 0 Å². The van der Waals surface area contributed by atoms with E-state index in [1.807, 2.05) is 0 Å². The summed E-state index contributed by atoms with van der Waals surface area (Å²) in [5.41, 5.74) is 6.12. The lowest BCUT2D eigenvalue weighted by atomic mass is 10.1. The molecule has 1 aliphatic heterocycles. The fourth-order valence-electron chi connectivity index (χ4n) is 2.97. The molecular weight excluding hydrogens is 351 g/mol. The van der Waals surface area contributed by atoms with E-state index in [1.54, 1.807) is 42.5 Å². The summed E-state index contributed by atoms with van der Waals surface area (Å²) in [5.74, 6) is -0.954. The highest BCUT2D eigenvalue weighted by Crippen LogP contribution is 2.34. The molecule has 0 saturated carbocycles. The summed E-state index contributed by atoms with van der Waals surface area (Å²) in [7, 11) is 0. The van der Waals surface area contributed by atoms with E-state index >= 15 is 0 Å². The van der Waals surface area contributed by atoms with Crippen LogP contribution in [0.4, 0.5) is 10.1 Å². The molecule has 0 radical (unpaired) electrons. The van der Waals surface area contributed by atoms with Gasteiger partial charge in [-0.05, 0) is 36.4 Å². The molecule has 2 N–H and O–H groups in total. The number of nitrogens with zero attached hydrogens (tertiary/aromatic N) is 1. The zero-order chi connectivity index (χ0) is 19.0. The van der Waals surface area contributed by atoms with Gasteiger partial charge < -0.3 is 14.9 Å². The Morgan fingerprint density at radius 3 is 2.56 bits per heavy atom. The summed E-state index contributed by atoms with van der Waals surface area (Å²) >= 11 is 0. The minimum atomic E-state index is -0.968. The van der Waals surface area contributed by atoms with Crippen molar-refractivity contribution in [2.24, 2.45) is 5.73 Å². The van der Waals surface area contributed by atoms with Gasteiger partial charge in [-0.15, -0.1) is 0 Å². The highest BCUT2D eigenvalue weighted by Gasteiger charge is 2.34. The van der Waals surface area contributed by atoms with E-state index in [-0.39, 0.29) is 23.6 Å². The molecule has 1 aliphatic rings. The van der Waals surface area contributed by atoms with Gasteiger partial charge in [0.1, 0.15) is 17.3 Å². The van der Waals surface area contributed by atoms with Crippen molar-refractivity contribution in [2.45, 2.75) is 6.10 Å². The maximum absolute atomic E-state index is 14.0. The molecule has 7 heteroatoms. The summed E-state index contributed by atoms with van der Waals surface area (Å²) in [6, 6.07) is 16.0. The molecule has 0 aliphatic carbocycles. The number of rotatable bonds is 3. The van der Waals surface area contributed by atoms with Gasteiger partial charge in [-0.25, -0.2) is 4.39 Å². The third-order valence-corrected chi connectivity index (χ3v) is 4.29. The van der Waals surface area contributed by atoms with Crippen molar-refractivity contribution in [3.8, 4) is 17.1 Å². The SMILES string of the molecule is NC(=O)[C@@H]1CN(C(=O)c2ccc(-c3ccccc3F)o2)c2ccccc2O1. The van der Waals surface area contributed by atoms with Gasteiger partial charge in [0.15, 0.2) is 11.9 Å². The van der Waals surface area contributed by atoms with Crippen LogP contribution in [0.2, 0.25) is 0 Å². The number of halogens is 1. The highest BCUT2D eigenvalue weighted by molar-refractivity contribution is 6.06. The molecule has 1 aromatic heterocycles. The summed E-state index contributed by atoms with van der Waals surface area (Å²) in [6.07, 6.45) is -0.968. The van der Waals surface area contributed by atoms with Gasteiger partial charge in [0.2, 0.25) is 0 Å². The summed E-state index contributed by atoms with van der Waals surface area (Å²) in [6.45, 7) is -0.0408. The third-order valence-electron chi connectivity index (χ3n) is 4.29. The van der Waals surface area contributed by atoms with Crippen LogP contribution >= 0.6 is 0 Å². The number of hydrogen-bond acceptors (Lipinski definition) is 4. The van der Waals surface area contributed by atoms with Crippen LogP contribution in [0.3, 0.4) is 0 Å². The lowest BCUT2D eigenvalue weighted by Gasteiger charge is -2.32. The highest BCUT2D eigenvalue weighted by atomic mass is 19.1. The number of para-hydroxylation sites is 2. The maximum atomic E-state index is 14.0. The predicted molar refractivity (Wildman–Crippen MR) is 95.8 cm³/mol. The average molecular weight is 366 g/mol. The minimum Gasteiger partial charge on any atom is -0.477 e. The first-order valence-electron chi connectivity index (χ1n) is 8.26. The molecule has 136 valence electrons. The standard InChI is InChI=1S/C20H15FN2O4/c21-13-6-2-1-5-12(13)15-9-10-17(26-15)20(25)23-11-18(19(22)24)27-16-8-4-3-7-14(16)23/h1-10,18H,11H2,(H2,22,24)/t18-/m0/s1. The zero-order valence-corrected chi connectivity index (χ0v) is 14.1. The Morgan fingerprint density at radius 1 is 1.04 bits per heavy atom. The van der Waals surface area contributed by atoms with Gasteiger partial charge in [0, 0.05) is 0 Å². The monoisotopic (exact) mass is 366 g/mol. The first-order valence-corrected chi connectivity index (χ1v) is 8.26. The number of ether oxygens (including phenoxy) is 1. The van der Waals surface area contributed by atoms with Crippen LogP contribution < -0.4 is 15.4 Å². The molecule has 0 fully saturated rings. The van der Waals surface area contributed by atoms with Gasteiger partial charge in [0.25, 0.3) is 11.8 Å². The number of hydrogen-bond donors (Lipinski definition) is 1.